The number of nitrogens with two attached hydrogens (primary N) is 1. The molecule has 5 nitrogen and oxygen atoms in total. The van der Waals surface area contributed by atoms with E-state index in [4.69, 9.17) is 5.73 Å². The fourth-order valence-electron chi connectivity index (χ4n) is 1.88. The predicted molar refractivity (Wildman–Crippen MR) is 64.4 cm³/mol. The highest BCUT2D eigenvalue weighted by atomic mass is 32.2. The van der Waals surface area contributed by atoms with E-state index in [0.29, 0.717) is 16.1 Å². The third-order valence-electron chi connectivity index (χ3n) is 2.72. The van der Waals surface area contributed by atoms with Crippen molar-refractivity contribution in [2.75, 3.05) is 5.75 Å². The summed E-state index contributed by atoms with van der Waals surface area (Å²) in [6.45, 7) is 0. The van der Waals surface area contributed by atoms with E-state index in [9.17, 15) is 9.59 Å². The standard InChI is InChI=1S/C11H9N3O2S/c12-10(15)6-1-2-8-13-7-3-4-17-9(7)11(16)14(8)5-6/h1-2,5H,3-4H2,(H2,12,15). The minimum absolute atomic E-state index is 0.115. The number of carbonyl (C=O) groups excluding carboxylic acids is 1. The zero-order valence-electron chi connectivity index (χ0n) is 8.84. The summed E-state index contributed by atoms with van der Waals surface area (Å²) in [7, 11) is 0. The lowest BCUT2D eigenvalue weighted by atomic mass is 10.2. The fourth-order valence-corrected chi connectivity index (χ4v) is 2.91. The molecule has 1 amide bonds. The molecule has 17 heavy (non-hydrogen) atoms. The molecule has 2 aromatic rings. The molecule has 0 spiro atoms. The van der Waals surface area contributed by atoms with Crippen molar-refractivity contribution in [3.05, 3.63) is 39.9 Å². The summed E-state index contributed by atoms with van der Waals surface area (Å²) in [5.74, 6) is 0.337. The van der Waals surface area contributed by atoms with E-state index in [2.05, 4.69) is 4.98 Å². The highest BCUT2D eigenvalue weighted by Gasteiger charge is 2.19. The van der Waals surface area contributed by atoms with Crippen LogP contribution in [0.25, 0.3) is 5.65 Å². The van der Waals surface area contributed by atoms with Crippen molar-refractivity contribution in [2.45, 2.75) is 11.3 Å². The second kappa shape index (κ2) is 3.59. The maximum atomic E-state index is 12.1. The second-order valence-corrected chi connectivity index (χ2v) is 4.91. The summed E-state index contributed by atoms with van der Waals surface area (Å²) >= 11 is 1.51. The van der Waals surface area contributed by atoms with Gasteiger partial charge < -0.3 is 5.73 Å². The Morgan fingerprint density at radius 3 is 3.06 bits per heavy atom. The van der Waals surface area contributed by atoms with Crippen molar-refractivity contribution in [3.8, 4) is 0 Å². The van der Waals surface area contributed by atoms with Crippen LogP contribution < -0.4 is 11.3 Å². The van der Waals surface area contributed by atoms with Crippen LogP contribution in [0.4, 0.5) is 0 Å². The molecule has 3 rings (SSSR count). The fraction of sp³-hybridized carbons (Fsp3) is 0.182. The van der Waals surface area contributed by atoms with Crippen LogP contribution in [0.5, 0.6) is 0 Å². The van der Waals surface area contributed by atoms with Gasteiger partial charge in [0.25, 0.3) is 5.56 Å². The first kappa shape index (κ1) is 10.3. The van der Waals surface area contributed by atoms with Crippen LogP contribution in [0.3, 0.4) is 0 Å². The molecule has 1 aliphatic rings. The summed E-state index contributed by atoms with van der Waals surface area (Å²) in [5.41, 5.74) is 6.79. The number of hydrogen-bond donors (Lipinski definition) is 1. The summed E-state index contributed by atoms with van der Waals surface area (Å²) in [6, 6.07) is 3.23. The minimum atomic E-state index is -0.549. The second-order valence-electron chi connectivity index (χ2n) is 3.80. The van der Waals surface area contributed by atoms with Gasteiger partial charge in [-0.25, -0.2) is 4.98 Å². The Hall–Kier alpha value is -1.82. The first-order chi connectivity index (χ1) is 8.16. The largest absolute Gasteiger partial charge is 0.366 e. The van der Waals surface area contributed by atoms with Crippen LogP contribution in [0.2, 0.25) is 0 Å². The van der Waals surface area contributed by atoms with Gasteiger partial charge in [-0.05, 0) is 12.1 Å². The first-order valence-electron chi connectivity index (χ1n) is 5.15. The molecule has 1 aliphatic heterocycles. The van der Waals surface area contributed by atoms with Crippen molar-refractivity contribution in [2.24, 2.45) is 5.73 Å². The van der Waals surface area contributed by atoms with E-state index in [0.717, 1.165) is 17.9 Å². The molecule has 0 saturated heterocycles. The molecule has 3 heterocycles. The number of aromatic nitrogens is 2. The minimum Gasteiger partial charge on any atom is -0.366 e. The summed E-state index contributed by atoms with van der Waals surface area (Å²) < 4.78 is 1.39. The van der Waals surface area contributed by atoms with Gasteiger partial charge >= 0.3 is 0 Å². The monoisotopic (exact) mass is 247 g/mol. The topological polar surface area (TPSA) is 77.5 Å². The quantitative estimate of drug-likeness (QED) is 0.793. The van der Waals surface area contributed by atoms with Crippen molar-refractivity contribution >= 4 is 23.3 Å². The van der Waals surface area contributed by atoms with E-state index in [-0.39, 0.29) is 5.56 Å². The van der Waals surface area contributed by atoms with Crippen molar-refractivity contribution in [1.82, 2.24) is 9.38 Å². The average molecular weight is 247 g/mol. The highest BCUT2D eigenvalue weighted by molar-refractivity contribution is 7.99. The van der Waals surface area contributed by atoms with E-state index in [1.165, 1.54) is 22.4 Å². The zero-order chi connectivity index (χ0) is 12.0. The van der Waals surface area contributed by atoms with Crippen LogP contribution >= 0.6 is 11.8 Å². The Kier molecular flexibility index (Phi) is 2.19. The SMILES string of the molecule is NC(=O)c1ccc2nc3c(c(=O)n2c1)SCC3. The molecular formula is C11H9N3O2S. The Morgan fingerprint density at radius 1 is 1.47 bits per heavy atom. The smallest absolute Gasteiger partial charge is 0.271 e. The van der Waals surface area contributed by atoms with Gasteiger partial charge in [-0.1, -0.05) is 0 Å². The lowest BCUT2D eigenvalue weighted by Gasteiger charge is -2.04. The Labute approximate surface area is 101 Å². The molecule has 0 unspecified atom stereocenters. The number of fused-ring (bicyclic) bond motifs is 2. The van der Waals surface area contributed by atoms with E-state index < -0.39 is 5.91 Å². The third-order valence-corrected chi connectivity index (χ3v) is 3.83. The van der Waals surface area contributed by atoms with Gasteiger partial charge in [0.2, 0.25) is 5.91 Å². The van der Waals surface area contributed by atoms with Crippen LogP contribution in [-0.2, 0) is 6.42 Å². The average Bonchev–Trinajstić information content (AvgIpc) is 2.77. The highest BCUT2D eigenvalue weighted by Crippen LogP contribution is 2.26. The van der Waals surface area contributed by atoms with Gasteiger partial charge in [0.05, 0.1) is 16.2 Å². The predicted octanol–water partition coefficient (Wildman–Crippen LogP) is 0.442. The molecule has 0 bridgehead atoms. The summed E-state index contributed by atoms with van der Waals surface area (Å²) in [5, 5.41) is 0. The number of pyridine rings is 1. The van der Waals surface area contributed by atoms with E-state index >= 15 is 0 Å². The van der Waals surface area contributed by atoms with Gasteiger partial charge in [0.1, 0.15) is 5.65 Å². The van der Waals surface area contributed by atoms with Gasteiger partial charge in [-0.15, -0.1) is 11.8 Å². The molecule has 6 heteroatoms. The molecular weight excluding hydrogens is 238 g/mol. The molecule has 86 valence electrons. The Morgan fingerprint density at radius 2 is 2.29 bits per heavy atom. The molecule has 0 atom stereocenters. The van der Waals surface area contributed by atoms with Crippen LogP contribution in [0.1, 0.15) is 16.1 Å². The molecule has 0 aromatic carbocycles. The van der Waals surface area contributed by atoms with Gasteiger partial charge in [0.15, 0.2) is 0 Å². The number of amides is 1. The zero-order valence-corrected chi connectivity index (χ0v) is 9.66. The number of carbonyl (C=O) groups is 1. The maximum Gasteiger partial charge on any atom is 0.271 e. The Bertz CT molecular complexity index is 693. The van der Waals surface area contributed by atoms with Gasteiger partial charge in [-0.3, -0.25) is 14.0 Å². The summed E-state index contributed by atoms with van der Waals surface area (Å²) in [6.07, 6.45) is 2.27. The van der Waals surface area contributed by atoms with Crippen molar-refractivity contribution < 1.29 is 4.79 Å². The number of primary amides is 1. The number of nitrogens with zero attached hydrogens (tertiary/aromatic N) is 2. The van der Waals surface area contributed by atoms with Gasteiger partial charge in [0, 0.05) is 18.4 Å². The number of hydrogen-bond acceptors (Lipinski definition) is 4. The molecule has 2 aromatic heterocycles. The number of aryl methyl sites for hydroxylation is 1. The number of rotatable bonds is 1. The van der Waals surface area contributed by atoms with Crippen molar-refractivity contribution in [3.63, 3.8) is 0 Å². The summed E-state index contributed by atoms with van der Waals surface area (Å²) in [4.78, 5) is 28.3. The molecule has 0 saturated carbocycles. The molecule has 0 aliphatic carbocycles. The van der Waals surface area contributed by atoms with Gasteiger partial charge in [-0.2, -0.15) is 0 Å². The lowest BCUT2D eigenvalue weighted by molar-refractivity contribution is 0.1000. The Balaban J connectivity index is 2.37. The van der Waals surface area contributed by atoms with Crippen LogP contribution in [0, 0.1) is 0 Å². The van der Waals surface area contributed by atoms with E-state index in [1.807, 2.05) is 0 Å². The van der Waals surface area contributed by atoms with Crippen LogP contribution in [-0.4, -0.2) is 21.0 Å². The molecule has 2 N–H and O–H groups in total. The maximum absolute atomic E-state index is 12.1. The van der Waals surface area contributed by atoms with E-state index in [1.54, 1.807) is 12.1 Å². The molecule has 0 radical (unpaired) electrons. The third kappa shape index (κ3) is 1.52. The first-order valence-corrected chi connectivity index (χ1v) is 6.13. The molecule has 0 fully saturated rings. The number of thioether (sulfide) groups is 1. The van der Waals surface area contributed by atoms with Crippen LogP contribution in [0.15, 0.2) is 28.0 Å². The van der Waals surface area contributed by atoms with Crippen molar-refractivity contribution in [1.29, 1.82) is 0 Å². The normalized spacial score (nSPS) is 13.9. The lowest BCUT2D eigenvalue weighted by Crippen LogP contribution is -2.20.